The molecule has 24 heavy (non-hydrogen) atoms. The molecule has 1 aliphatic carbocycles. The van der Waals surface area contributed by atoms with Crippen LogP contribution in [0.3, 0.4) is 0 Å². The van der Waals surface area contributed by atoms with Crippen LogP contribution in [-0.4, -0.2) is 50.3 Å². The summed E-state index contributed by atoms with van der Waals surface area (Å²) >= 11 is 0. The highest BCUT2D eigenvalue weighted by Crippen LogP contribution is 2.36. The van der Waals surface area contributed by atoms with Crippen LogP contribution in [0, 0.1) is 0 Å². The molecule has 1 aliphatic rings. The Hall–Kier alpha value is -2.21. The quantitative estimate of drug-likeness (QED) is 0.491. The lowest BCUT2D eigenvalue weighted by Crippen LogP contribution is -2.32. The number of aliphatic hydroxyl groups excluding tert-OH is 1. The molecule has 0 spiro atoms. The minimum absolute atomic E-state index is 0.147. The summed E-state index contributed by atoms with van der Waals surface area (Å²) in [4.78, 5) is 5.42. The average Bonchev–Trinajstić information content (AvgIpc) is 2.93. The Balaban J connectivity index is 1.65. The molecular formula is C19H22N2O3. The number of nitrogens with one attached hydrogen (secondary N) is 1. The molecule has 2 aromatic carbocycles. The highest BCUT2D eigenvalue weighted by Gasteiger charge is 2.24. The number of oxime groups is 1. The van der Waals surface area contributed by atoms with Crippen molar-refractivity contribution in [2.24, 2.45) is 5.16 Å². The van der Waals surface area contributed by atoms with E-state index in [1.807, 2.05) is 36.4 Å². The molecule has 0 saturated heterocycles. The van der Waals surface area contributed by atoms with E-state index in [1.165, 1.54) is 0 Å². The normalized spacial score (nSPS) is 13.3. The van der Waals surface area contributed by atoms with Crippen molar-refractivity contribution in [2.75, 3.05) is 33.4 Å². The van der Waals surface area contributed by atoms with E-state index in [1.54, 1.807) is 7.11 Å². The predicted octanol–water partition coefficient (Wildman–Crippen LogP) is 2.03. The third kappa shape index (κ3) is 3.64. The topological polar surface area (TPSA) is 63.1 Å². The van der Waals surface area contributed by atoms with E-state index in [2.05, 4.69) is 22.6 Å². The molecule has 0 bridgehead atoms. The van der Waals surface area contributed by atoms with Crippen molar-refractivity contribution in [1.82, 2.24) is 5.32 Å². The molecule has 5 nitrogen and oxygen atoms in total. The van der Waals surface area contributed by atoms with Gasteiger partial charge in [-0.2, -0.15) is 0 Å². The molecule has 0 aromatic heterocycles. The summed E-state index contributed by atoms with van der Waals surface area (Å²) < 4.78 is 4.94. The fourth-order valence-electron chi connectivity index (χ4n) is 2.78. The predicted molar refractivity (Wildman–Crippen MR) is 94.2 cm³/mol. The molecular weight excluding hydrogens is 304 g/mol. The SMILES string of the molecule is COCCNC[C@@H](O)CON=C1c2ccccc2-c2ccccc21. The first-order chi connectivity index (χ1) is 11.8. The molecule has 0 fully saturated rings. The van der Waals surface area contributed by atoms with E-state index in [-0.39, 0.29) is 6.61 Å². The zero-order valence-electron chi connectivity index (χ0n) is 13.7. The van der Waals surface area contributed by atoms with Crippen molar-refractivity contribution >= 4 is 5.71 Å². The van der Waals surface area contributed by atoms with E-state index in [0.29, 0.717) is 19.7 Å². The number of hydrogen-bond acceptors (Lipinski definition) is 5. The lowest BCUT2D eigenvalue weighted by atomic mass is 10.1. The summed E-state index contributed by atoms with van der Waals surface area (Å²) in [5.74, 6) is 0. The van der Waals surface area contributed by atoms with Crippen molar-refractivity contribution in [3.8, 4) is 11.1 Å². The fraction of sp³-hybridized carbons (Fsp3) is 0.316. The van der Waals surface area contributed by atoms with E-state index in [9.17, 15) is 5.11 Å². The first-order valence-corrected chi connectivity index (χ1v) is 8.08. The zero-order chi connectivity index (χ0) is 16.8. The third-order valence-electron chi connectivity index (χ3n) is 3.94. The monoisotopic (exact) mass is 326 g/mol. The molecule has 3 rings (SSSR count). The summed E-state index contributed by atoms with van der Waals surface area (Å²) in [6.45, 7) is 1.90. The Bertz CT molecular complexity index is 668. The van der Waals surface area contributed by atoms with Gasteiger partial charge in [0.25, 0.3) is 0 Å². The smallest absolute Gasteiger partial charge is 0.144 e. The summed E-state index contributed by atoms with van der Waals surface area (Å²) in [7, 11) is 1.65. The summed E-state index contributed by atoms with van der Waals surface area (Å²) in [6.07, 6.45) is -0.613. The number of fused-ring (bicyclic) bond motifs is 3. The molecule has 2 N–H and O–H groups in total. The van der Waals surface area contributed by atoms with Crippen LogP contribution < -0.4 is 5.32 Å². The Labute approximate surface area is 141 Å². The van der Waals surface area contributed by atoms with Gasteiger partial charge in [0, 0.05) is 31.3 Å². The fourth-order valence-corrected chi connectivity index (χ4v) is 2.78. The van der Waals surface area contributed by atoms with Gasteiger partial charge < -0.3 is 20.0 Å². The first kappa shape index (κ1) is 16.6. The summed E-state index contributed by atoms with van der Waals surface area (Å²) in [5.41, 5.74) is 5.27. The lowest BCUT2D eigenvalue weighted by Gasteiger charge is -2.10. The molecule has 0 saturated carbocycles. The molecule has 126 valence electrons. The van der Waals surface area contributed by atoms with Crippen LogP contribution in [0.4, 0.5) is 0 Å². The molecule has 0 radical (unpaired) electrons. The van der Waals surface area contributed by atoms with Gasteiger partial charge in [-0.05, 0) is 11.1 Å². The molecule has 0 aliphatic heterocycles. The second-order valence-electron chi connectivity index (χ2n) is 5.68. The van der Waals surface area contributed by atoms with Crippen LogP contribution in [0.15, 0.2) is 53.7 Å². The number of benzene rings is 2. The van der Waals surface area contributed by atoms with Crippen molar-refractivity contribution < 1.29 is 14.7 Å². The van der Waals surface area contributed by atoms with Gasteiger partial charge >= 0.3 is 0 Å². The maximum Gasteiger partial charge on any atom is 0.144 e. The van der Waals surface area contributed by atoms with E-state index >= 15 is 0 Å². The van der Waals surface area contributed by atoms with Crippen LogP contribution in [0.25, 0.3) is 11.1 Å². The van der Waals surface area contributed by atoms with Crippen LogP contribution in [-0.2, 0) is 9.57 Å². The summed E-state index contributed by atoms with van der Waals surface area (Å²) in [6, 6.07) is 16.3. The largest absolute Gasteiger partial charge is 0.392 e. The van der Waals surface area contributed by atoms with Crippen molar-refractivity contribution in [3.05, 3.63) is 59.7 Å². The highest BCUT2D eigenvalue weighted by atomic mass is 16.6. The Kier molecular flexibility index (Phi) is 5.59. The van der Waals surface area contributed by atoms with Gasteiger partial charge in [-0.3, -0.25) is 0 Å². The van der Waals surface area contributed by atoms with Gasteiger partial charge in [-0.15, -0.1) is 0 Å². The van der Waals surface area contributed by atoms with Crippen LogP contribution >= 0.6 is 0 Å². The molecule has 5 heteroatoms. The van der Waals surface area contributed by atoms with E-state index in [4.69, 9.17) is 9.57 Å². The van der Waals surface area contributed by atoms with Crippen molar-refractivity contribution in [3.63, 3.8) is 0 Å². The van der Waals surface area contributed by atoms with Gasteiger partial charge in [-0.1, -0.05) is 53.7 Å². The molecule has 0 unspecified atom stereocenters. The number of ether oxygens (including phenoxy) is 1. The van der Waals surface area contributed by atoms with Crippen molar-refractivity contribution in [2.45, 2.75) is 6.10 Å². The standard InChI is InChI=1S/C19H22N2O3/c1-23-11-10-20-12-14(22)13-24-21-19-17-8-4-2-6-15(17)16-7-3-5-9-18(16)19/h2-9,14,20,22H,10-13H2,1H3/t14-/m1/s1. The molecule has 1 atom stereocenters. The van der Waals surface area contributed by atoms with Crippen LogP contribution in [0.2, 0.25) is 0 Å². The van der Waals surface area contributed by atoms with E-state index in [0.717, 1.165) is 28.0 Å². The molecule has 0 heterocycles. The Morgan fingerprint density at radius 1 is 1.00 bits per heavy atom. The third-order valence-corrected chi connectivity index (χ3v) is 3.94. The number of rotatable bonds is 8. The second kappa shape index (κ2) is 8.06. The highest BCUT2D eigenvalue weighted by molar-refractivity contribution is 6.24. The maximum absolute atomic E-state index is 9.92. The van der Waals surface area contributed by atoms with E-state index < -0.39 is 6.10 Å². The zero-order valence-corrected chi connectivity index (χ0v) is 13.7. The maximum atomic E-state index is 9.92. The minimum atomic E-state index is -0.613. The van der Waals surface area contributed by atoms with Gasteiger partial charge in [0.1, 0.15) is 18.4 Å². The number of aliphatic hydroxyl groups is 1. The number of nitrogens with zero attached hydrogens (tertiary/aromatic N) is 1. The van der Waals surface area contributed by atoms with Crippen LogP contribution in [0.5, 0.6) is 0 Å². The Morgan fingerprint density at radius 2 is 1.58 bits per heavy atom. The average molecular weight is 326 g/mol. The van der Waals surface area contributed by atoms with Gasteiger partial charge in [0.15, 0.2) is 0 Å². The van der Waals surface area contributed by atoms with Crippen LogP contribution in [0.1, 0.15) is 11.1 Å². The van der Waals surface area contributed by atoms with Crippen molar-refractivity contribution in [1.29, 1.82) is 0 Å². The first-order valence-electron chi connectivity index (χ1n) is 8.08. The van der Waals surface area contributed by atoms with Gasteiger partial charge in [0.2, 0.25) is 0 Å². The minimum Gasteiger partial charge on any atom is -0.392 e. The molecule has 0 amide bonds. The second-order valence-corrected chi connectivity index (χ2v) is 5.68. The summed E-state index contributed by atoms with van der Waals surface area (Å²) in [5, 5.41) is 17.3. The molecule has 2 aromatic rings. The van der Waals surface area contributed by atoms with Gasteiger partial charge in [0.05, 0.1) is 6.61 Å². The number of methoxy groups -OCH3 is 1. The number of hydrogen-bond donors (Lipinski definition) is 2. The van der Waals surface area contributed by atoms with Gasteiger partial charge in [-0.25, -0.2) is 0 Å². The lowest BCUT2D eigenvalue weighted by molar-refractivity contribution is 0.0397. The Morgan fingerprint density at radius 3 is 2.17 bits per heavy atom.